The minimum Gasteiger partial charge on any atom is -0.340 e. The Kier molecular flexibility index (Phi) is 4.09. The van der Waals surface area contributed by atoms with E-state index in [1.165, 1.54) is 12.8 Å². The van der Waals surface area contributed by atoms with Crippen molar-refractivity contribution in [3.05, 3.63) is 0 Å². The molecule has 1 unspecified atom stereocenters. The van der Waals surface area contributed by atoms with Crippen LogP contribution in [0.5, 0.6) is 0 Å². The van der Waals surface area contributed by atoms with Crippen molar-refractivity contribution < 1.29 is 4.79 Å². The number of nitrogens with zero attached hydrogens (tertiary/aromatic N) is 2. The lowest BCUT2D eigenvalue weighted by atomic mass is 10.0. The molecule has 1 heterocycles. The van der Waals surface area contributed by atoms with Gasteiger partial charge in [-0.1, -0.05) is 6.92 Å². The summed E-state index contributed by atoms with van der Waals surface area (Å²) in [5, 5.41) is 0. The van der Waals surface area contributed by atoms with Crippen LogP contribution in [0, 0.1) is 11.8 Å². The van der Waals surface area contributed by atoms with Crippen molar-refractivity contribution in [2.45, 2.75) is 19.8 Å². The third-order valence-corrected chi connectivity index (χ3v) is 3.97. The van der Waals surface area contributed by atoms with Crippen LogP contribution in [0.15, 0.2) is 0 Å². The van der Waals surface area contributed by atoms with E-state index in [0.717, 1.165) is 32.7 Å². The van der Waals surface area contributed by atoms with Crippen molar-refractivity contribution in [1.82, 2.24) is 9.80 Å². The van der Waals surface area contributed by atoms with Gasteiger partial charge in [0.15, 0.2) is 0 Å². The Morgan fingerprint density at radius 3 is 2.44 bits per heavy atom. The van der Waals surface area contributed by atoms with Crippen LogP contribution in [0.3, 0.4) is 0 Å². The second-order valence-electron chi connectivity index (χ2n) is 4.98. The fourth-order valence-electron chi connectivity index (χ4n) is 2.40. The van der Waals surface area contributed by atoms with E-state index in [1.54, 1.807) is 0 Å². The lowest BCUT2D eigenvalue weighted by Gasteiger charge is -2.35. The molecule has 1 aliphatic heterocycles. The number of amides is 1. The summed E-state index contributed by atoms with van der Waals surface area (Å²) in [5.41, 5.74) is 0. The predicted octanol–water partition coefficient (Wildman–Crippen LogP) is 1.42. The third kappa shape index (κ3) is 2.89. The van der Waals surface area contributed by atoms with E-state index in [4.69, 9.17) is 11.6 Å². The first-order valence-corrected chi connectivity index (χ1v) is 6.83. The Balaban J connectivity index is 1.77. The first kappa shape index (κ1) is 12.2. The Morgan fingerprint density at radius 1 is 1.31 bits per heavy atom. The van der Waals surface area contributed by atoms with Gasteiger partial charge in [-0.05, 0) is 18.8 Å². The average Bonchev–Trinajstić information content (AvgIpc) is 3.12. The number of piperazine rings is 1. The molecule has 16 heavy (non-hydrogen) atoms. The standard InChI is InChI=1S/C12H21ClN2O/c1-10(11-2-3-11)12(16)15-8-6-14(5-4-13)7-9-15/h10-11H,2-9H2,1H3. The number of hydrogen-bond acceptors (Lipinski definition) is 2. The molecule has 0 aromatic carbocycles. The first-order chi connectivity index (χ1) is 7.72. The predicted molar refractivity (Wildman–Crippen MR) is 65.6 cm³/mol. The summed E-state index contributed by atoms with van der Waals surface area (Å²) in [6.07, 6.45) is 2.50. The van der Waals surface area contributed by atoms with E-state index in [9.17, 15) is 4.79 Å². The molecule has 1 saturated carbocycles. The summed E-state index contributed by atoms with van der Waals surface area (Å²) in [4.78, 5) is 16.5. The van der Waals surface area contributed by atoms with Crippen molar-refractivity contribution in [3.8, 4) is 0 Å². The van der Waals surface area contributed by atoms with E-state index in [1.807, 2.05) is 4.90 Å². The minimum atomic E-state index is 0.250. The molecule has 0 bridgehead atoms. The number of carbonyl (C=O) groups excluding carboxylic acids is 1. The zero-order chi connectivity index (χ0) is 11.5. The van der Waals surface area contributed by atoms with Crippen LogP contribution in [-0.2, 0) is 4.79 Å². The van der Waals surface area contributed by atoms with Crippen LogP contribution in [0.25, 0.3) is 0 Å². The fraction of sp³-hybridized carbons (Fsp3) is 0.917. The van der Waals surface area contributed by atoms with Gasteiger partial charge in [0.1, 0.15) is 0 Å². The molecular formula is C12H21ClN2O. The lowest BCUT2D eigenvalue weighted by Crippen LogP contribution is -2.50. The zero-order valence-corrected chi connectivity index (χ0v) is 10.7. The van der Waals surface area contributed by atoms with E-state index >= 15 is 0 Å². The van der Waals surface area contributed by atoms with Gasteiger partial charge in [-0.2, -0.15) is 0 Å². The molecule has 2 rings (SSSR count). The van der Waals surface area contributed by atoms with Crippen molar-refractivity contribution in [1.29, 1.82) is 0 Å². The van der Waals surface area contributed by atoms with E-state index in [2.05, 4.69) is 11.8 Å². The largest absolute Gasteiger partial charge is 0.340 e. The normalized spacial score (nSPS) is 24.5. The molecule has 3 nitrogen and oxygen atoms in total. The van der Waals surface area contributed by atoms with Crippen LogP contribution in [0.4, 0.5) is 0 Å². The summed E-state index contributed by atoms with van der Waals surface area (Å²) in [6, 6.07) is 0. The van der Waals surface area contributed by atoms with Gasteiger partial charge in [-0.25, -0.2) is 0 Å². The topological polar surface area (TPSA) is 23.6 Å². The summed E-state index contributed by atoms with van der Waals surface area (Å²) >= 11 is 5.71. The van der Waals surface area contributed by atoms with Crippen LogP contribution in [-0.4, -0.2) is 54.3 Å². The smallest absolute Gasteiger partial charge is 0.225 e. The molecule has 1 saturated heterocycles. The molecule has 0 aromatic heterocycles. The summed E-state index contributed by atoms with van der Waals surface area (Å²) in [7, 11) is 0. The van der Waals surface area contributed by atoms with Gasteiger partial charge in [0.2, 0.25) is 5.91 Å². The number of halogens is 1. The Morgan fingerprint density at radius 2 is 1.94 bits per heavy atom. The first-order valence-electron chi connectivity index (χ1n) is 6.29. The molecule has 0 radical (unpaired) electrons. The highest BCUT2D eigenvalue weighted by atomic mass is 35.5. The van der Waals surface area contributed by atoms with Gasteiger partial charge >= 0.3 is 0 Å². The van der Waals surface area contributed by atoms with Crippen molar-refractivity contribution in [2.24, 2.45) is 11.8 Å². The summed E-state index contributed by atoms with van der Waals surface area (Å²) < 4.78 is 0. The van der Waals surface area contributed by atoms with Crippen molar-refractivity contribution >= 4 is 17.5 Å². The van der Waals surface area contributed by atoms with Crippen molar-refractivity contribution in [2.75, 3.05) is 38.6 Å². The maximum atomic E-state index is 12.1. The van der Waals surface area contributed by atoms with Gasteiger partial charge < -0.3 is 4.90 Å². The molecule has 1 aliphatic carbocycles. The number of carbonyl (C=O) groups is 1. The van der Waals surface area contributed by atoms with Crippen LogP contribution in [0.2, 0.25) is 0 Å². The monoisotopic (exact) mass is 244 g/mol. The molecule has 0 spiro atoms. The summed E-state index contributed by atoms with van der Waals surface area (Å²) in [6.45, 7) is 6.76. The highest BCUT2D eigenvalue weighted by molar-refractivity contribution is 6.18. The maximum absolute atomic E-state index is 12.1. The number of alkyl halides is 1. The molecule has 2 fully saturated rings. The molecule has 1 atom stereocenters. The number of hydrogen-bond donors (Lipinski definition) is 0. The quantitative estimate of drug-likeness (QED) is 0.699. The summed E-state index contributed by atoms with van der Waals surface area (Å²) in [5.74, 6) is 1.98. The highest BCUT2D eigenvalue weighted by Crippen LogP contribution is 2.37. The van der Waals surface area contributed by atoms with Crippen LogP contribution in [0.1, 0.15) is 19.8 Å². The Bertz CT molecular complexity index is 247. The van der Waals surface area contributed by atoms with Gasteiger partial charge in [0.05, 0.1) is 0 Å². The highest BCUT2D eigenvalue weighted by Gasteiger charge is 2.35. The van der Waals surface area contributed by atoms with Crippen LogP contribution >= 0.6 is 11.6 Å². The zero-order valence-electron chi connectivity index (χ0n) is 9.99. The van der Waals surface area contributed by atoms with E-state index in [-0.39, 0.29) is 5.92 Å². The molecule has 0 N–H and O–H groups in total. The van der Waals surface area contributed by atoms with E-state index in [0.29, 0.717) is 17.7 Å². The van der Waals surface area contributed by atoms with E-state index < -0.39 is 0 Å². The molecule has 2 aliphatic rings. The Hall–Kier alpha value is -0.280. The van der Waals surface area contributed by atoms with Crippen molar-refractivity contribution in [3.63, 3.8) is 0 Å². The minimum absolute atomic E-state index is 0.250. The SMILES string of the molecule is CC(C(=O)N1CCN(CCCl)CC1)C1CC1. The van der Waals surface area contributed by atoms with Gasteiger partial charge in [-0.15, -0.1) is 11.6 Å². The molecular weight excluding hydrogens is 224 g/mol. The molecule has 1 amide bonds. The molecule has 4 heteroatoms. The average molecular weight is 245 g/mol. The molecule has 92 valence electrons. The van der Waals surface area contributed by atoms with Gasteiger partial charge in [0, 0.05) is 44.5 Å². The second-order valence-corrected chi connectivity index (χ2v) is 5.36. The van der Waals surface area contributed by atoms with Gasteiger partial charge in [-0.3, -0.25) is 9.69 Å². The fourth-order valence-corrected chi connectivity index (χ4v) is 2.64. The van der Waals surface area contributed by atoms with Gasteiger partial charge in [0.25, 0.3) is 0 Å². The Labute approximate surface area is 103 Å². The third-order valence-electron chi connectivity index (χ3n) is 3.80. The van der Waals surface area contributed by atoms with Crippen LogP contribution < -0.4 is 0 Å². The lowest BCUT2D eigenvalue weighted by molar-refractivity contribution is -0.137. The number of rotatable bonds is 4. The molecule has 0 aromatic rings. The maximum Gasteiger partial charge on any atom is 0.225 e. The second kappa shape index (κ2) is 5.37.